The van der Waals surface area contributed by atoms with Gasteiger partial charge < -0.3 is 25.6 Å². The zero-order chi connectivity index (χ0) is 25.7. The van der Waals surface area contributed by atoms with Gasteiger partial charge in [-0.3, -0.25) is 14.4 Å². The van der Waals surface area contributed by atoms with E-state index in [9.17, 15) is 14.4 Å². The Bertz CT molecular complexity index is 1060. The fraction of sp³-hybridized carbons (Fsp3) is 0.690. The number of carbonyl (C=O) groups excluding carboxylic acids is 3. The number of hydrogen-bond donors (Lipinski definition) is 2. The predicted octanol–water partition coefficient (Wildman–Crippen LogP) is 2.17. The second kappa shape index (κ2) is 10.1. The Morgan fingerprint density at radius 1 is 1.08 bits per heavy atom. The zero-order valence-electron chi connectivity index (χ0n) is 21.9. The Morgan fingerprint density at radius 3 is 2.46 bits per heavy atom. The number of fused-ring (bicyclic) bond motifs is 1. The summed E-state index contributed by atoms with van der Waals surface area (Å²) in [4.78, 5) is 44.2. The molecule has 1 aromatic carbocycles. The van der Waals surface area contributed by atoms with Gasteiger partial charge in [-0.1, -0.05) is 25.0 Å². The minimum absolute atomic E-state index is 0.0347. The summed E-state index contributed by atoms with van der Waals surface area (Å²) in [5, 5.41) is 3.24. The van der Waals surface area contributed by atoms with Crippen LogP contribution in [0.4, 0.5) is 0 Å². The monoisotopic (exact) mass is 508 g/mol. The highest BCUT2D eigenvalue weighted by atomic mass is 16.5. The fourth-order valence-electron chi connectivity index (χ4n) is 7.55. The van der Waals surface area contributed by atoms with Crippen LogP contribution in [0.1, 0.15) is 84.7 Å². The zero-order valence-corrected chi connectivity index (χ0v) is 21.9. The molecule has 1 aromatic rings. The van der Waals surface area contributed by atoms with Crippen LogP contribution in [-0.4, -0.2) is 84.9 Å². The molecule has 200 valence electrons. The summed E-state index contributed by atoms with van der Waals surface area (Å²) in [6, 6.07) is 6.17. The number of likely N-dealkylation sites (tertiary alicyclic amines) is 2. The molecular weight excluding hydrogens is 468 g/mol. The van der Waals surface area contributed by atoms with Crippen molar-refractivity contribution in [2.24, 2.45) is 11.7 Å². The predicted molar refractivity (Wildman–Crippen MR) is 139 cm³/mol. The van der Waals surface area contributed by atoms with Crippen LogP contribution < -0.4 is 11.1 Å². The van der Waals surface area contributed by atoms with Crippen LogP contribution in [0.3, 0.4) is 0 Å². The van der Waals surface area contributed by atoms with Gasteiger partial charge in [0.2, 0.25) is 11.8 Å². The Kier molecular flexibility index (Phi) is 6.84. The summed E-state index contributed by atoms with van der Waals surface area (Å²) < 4.78 is 5.79. The SMILES string of the molecule is CN[C@H]1CN(C(=O)[C@H](c2cc(C3CCN(C4CC4)CC3)ccc2C(N)=O)C2CCCC2)[C@@H]2C(=O)CO[C@H]12. The first-order chi connectivity index (χ1) is 18.0. The maximum Gasteiger partial charge on any atom is 0.249 e. The third-order valence-corrected chi connectivity index (χ3v) is 9.72. The van der Waals surface area contributed by atoms with Crippen molar-refractivity contribution in [3.8, 4) is 0 Å². The second-order valence-electron chi connectivity index (χ2n) is 11.8. The molecular formula is C29H40N4O4. The van der Waals surface area contributed by atoms with Gasteiger partial charge in [0.05, 0.1) is 12.0 Å². The molecule has 3 N–H and O–H groups in total. The number of likely N-dealkylation sites (N-methyl/N-ethyl adjacent to an activating group) is 1. The van der Waals surface area contributed by atoms with Crippen molar-refractivity contribution in [1.29, 1.82) is 0 Å². The lowest BCUT2D eigenvalue weighted by atomic mass is 9.78. The lowest BCUT2D eigenvalue weighted by Crippen LogP contribution is -2.45. The molecule has 8 nitrogen and oxygen atoms in total. The van der Waals surface area contributed by atoms with Crippen molar-refractivity contribution in [3.63, 3.8) is 0 Å². The molecule has 0 bridgehead atoms. The number of carbonyl (C=O) groups is 3. The lowest BCUT2D eigenvalue weighted by Gasteiger charge is -2.34. The summed E-state index contributed by atoms with van der Waals surface area (Å²) >= 11 is 0. The van der Waals surface area contributed by atoms with Crippen LogP contribution in [0.2, 0.25) is 0 Å². The van der Waals surface area contributed by atoms with E-state index in [2.05, 4.69) is 22.3 Å². The first kappa shape index (κ1) is 25.0. The fourth-order valence-corrected chi connectivity index (χ4v) is 7.55. The number of amides is 2. The number of primary amides is 1. The van der Waals surface area contributed by atoms with E-state index in [-0.39, 0.29) is 36.4 Å². The molecule has 3 aliphatic heterocycles. The highest BCUT2D eigenvalue weighted by Crippen LogP contribution is 2.43. The van der Waals surface area contributed by atoms with E-state index in [1.54, 1.807) is 4.90 Å². The summed E-state index contributed by atoms with van der Waals surface area (Å²) in [5.41, 5.74) is 8.31. The number of nitrogens with two attached hydrogens (primary N) is 1. The molecule has 2 amide bonds. The number of nitrogens with zero attached hydrogens (tertiary/aromatic N) is 2. The van der Waals surface area contributed by atoms with Gasteiger partial charge in [0.1, 0.15) is 18.8 Å². The van der Waals surface area contributed by atoms with Gasteiger partial charge in [0.25, 0.3) is 0 Å². The highest BCUT2D eigenvalue weighted by molar-refractivity contribution is 5.99. The Balaban J connectivity index is 1.34. The maximum absolute atomic E-state index is 14.4. The second-order valence-corrected chi connectivity index (χ2v) is 11.8. The summed E-state index contributed by atoms with van der Waals surface area (Å²) in [5.74, 6) is -0.490. The van der Waals surface area contributed by atoms with Crippen LogP contribution in [0, 0.1) is 5.92 Å². The Labute approximate surface area is 219 Å². The average molecular weight is 509 g/mol. The number of hydrogen-bond acceptors (Lipinski definition) is 6. The van der Waals surface area contributed by atoms with E-state index in [1.165, 1.54) is 18.4 Å². The van der Waals surface area contributed by atoms with Crippen molar-refractivity contribution in [2.75, 3.05) is 33.3 Å². The number of ketones is 1. The molecule has 0 unspecified atom stereocenters. The van der Waals surface area contributed by atoms with Crippen molar-refractivity contribution < 1.29 is 19.1 Å². The molecule has 0 radical (unpaired) electrons. The van der Waals surface area contributed by atoms with Gasteiger partial charge in [0, 0.05) is 18.2 Å². The molecule has 4 atom stereocenters. The first-order valence-electron chi connectivity index (χ1n) is 14.3. The molecule has 37 heavy (non-hydrogen) atoms. The van der Waals surface area contributed by atoms with Crippen LogP contribution in [0.25, 0.3) is 0 Å². The number of benzene rings is 1. The van der Waals surface area contributed by atoms with Gasteiger partial charge in [-0.15, -0.1) is 0 Å². The number of Topliss-reactive ketones (excluding diaryl/α,β-unsaturated/α-hetero) is 1. The molecule has 8 heteroatoms. The topological polar surface area (TPSA) is 105 Å². The normalized spacial score (nSPS) is 30.1. The van der Waals surface area contributed by atoms with Gasteiger partial charge in [0.15, 0.2) is 5.78 Å². The smallest absolute Gasteiger partial charge is 0.249 e. The number of rotatable bonds is 7. The van der Waals surface area contributed by atoms with Crippen LogP contribution in [-0.2, 0) is 14.3 Å². The van der Waals surface area contributed by atoms with E-state index in [1.807, 2.05) is 13.1 Å². The van der Waals surface area contributed by atoms with Gasteiger partial charge >= 0.3 is 0 Å². The number of ether oxygens (including phenoxy) is 1. The third kappa shape index (κ3) is 4.61. The largest absolute Gasteiger partial charge is 0.366 e. The maximum atomic E-state index is 14.4. The molecule has 6 rings (SSSR count). The molecule has 0 spiro atoms. The van der Waals surface area contributed by atoms with E-state index in [0.29, 0.717) is 18.0 Å². The van der Waals surface area contributed by atoms with Crippen molar-refractivity contribution in [1.82, 2.24) is 15.1 Å². The molecule has 3 heterocycles. The quantitative estimate of drug-likeness (QED) is 0.585. The van der Waals surface area contributed by atoms with Crippen LogP contribution in [0.15, 0.2) is 18.2 Å². The molecule has 5 aliphatic rings. The van der Waals surface area contributed by atoms with Crippen LogP contribution >= 0.6 is 0 Å². The first-order valence-corrected chi connectivity index (χ1v) is 14.3. The molecule has 3 saturated heterocycles. The summed E-state index contributed by atoms with van der Waals surface area (Å²) in [6.45, 7) is 2.70. The average Bonchev–Trinajstić information content (AvgIpc) is 3.30. The van der Waals surface area contributed by atoms with Crippen molar-refractivity contribution in [2.45, 2.75) is 87.4 Å². The molecule has 5 fully saturated rings. The van der Waals surface area contributed by atoms with Gasteiger partial charge in [-0.2, -0.15) is 0 Å². The minimum Gasteiger partial charge on any atom is -0.366 e. The van der Waals surface area contributed by atoms with E-state index < -0.39 is 17.9 Å². The molecule has 0 aromatic heterocycles. The van der Waals surface area contributed by atoms with Gasteiger partial charge in [-0.05, 0) is 87.7 Å². The Hall–Kier alpha value is -2.29. The van der Waals surface area contributed by atoms with E-state index >= 15 is 0 Å². The summed E-state index contributed by atoms with van der Waals surface area (Å²) in [7, 11) is 1.85. The molecule has 2 aliphatic carbocycles. The Morgan fingerprint density at radius 2 is 1.81 bits per heavy atom. The van der Waals surface area contributed by atoms with Crippen molar-refractivity contribution >= 4 is 17.6 Å². The standard InChI is InChI=1S/C29H40N4O4/c1-31-23-15-33(26-24(34)16-37-27(23)26)29(36)25(18-4-2-3-5-18)22-14-19(6-9-21(22)28(30)35)17-10-12-32(13-11-17)20-7-8-20/h6,9,14,17-18,20,23,25-27,31H,2-5,7-8,10-13,15-16H2,1H3,(H2,30,35)/t23-,25-,26+,27+/m0/s1. The highest BCUT2D eigenvalue weighted by Gasteiger charge is 2.53. The van der Waals surface area contributed by atoms with E-state index in [0.717, 1.165) is 63.2 Å². The summed E-state index contributed by atoms with van der Waals surface area (Å²) in [6.07, 6.45) is 8.57. The minimum atomic E-state index is -0.555. The third-order valence-electron chi connectivity index (χ3n) is 9.72. The van der Waals surface area contributed by atoms with Crippen molar-refractivity contribution in [3.05, 3.63) is 34.9 Å². The number of piperidine rings is 1. The lowest BCUT2D eigenvalue weighted by molar-refractivity contribution is -0.138. The van der Waals surface area contributed by atoms with Crippen LogP contribution in [0.5, 0.6) is 0 Å². The van der Waals surface area contributed by atoms with Gasteiger partial charge in [-0.25, -0.2) is 0 Å². The van der Waals surface area contributed by atoms with E-state index in [4.69, 9.17) is 10.5 Å². The number of nitrogens with one attached hydrogen (secondary N) is 1. The molecule has 2 saturated carbocycles.